The topological polar surface area (TPSA) is 95.4 Å². The van der Waals surface area contributed by atoms with Crippen LogP contribution in [-0.4, -0.2) is 48.1 Å². The van der Waals surface area contributed by atoms with Crippen LogP contribution in [0.3, 0.4) is 0 Å². The van der Waals surface area contributed by atoms with Gasteiger partial charge in [0.25, 0.3) is 5.56 Å². The molecule has 0 saturated heterocycles. The predicted octanol–water partition coefficient (Wildman–Crippen LogP) is 3.33. The Bertz CT molecular complexity index is 1850. The van der Waals surface area contributed by atoms with E-state index in [9.17, 15) is 4.79 Å². The third-order valence-electron chi connectivity index (χ3n) is 6.47. The summed E-state index contributed by atoms with van der Waals surface area (Å²) < 4.78 is 10.6. The van der Waals surface area contributed by atoms with E-state index in [2.05, 4.69) is 15.1 Å². The molecule has 0 saturated carbocycles. The van der Waals surface area contributed by atoms with Gasteiger partial charge < -0.3 is 9.64 Å². The number of nitrogens with zero attached hydrogens (tertiary/aromatic N) is 8. The van der Waals surface area contributed by atoms with Crippen LogP contribution in [0.5, 0.6) is 5.75 Å². The minimum absolute atomic E-state index is 0.150. The van der Waals surface area contributed by atoms with Crippen LogP contribution in [0, 0.1) is 6.92 Å². The average Bonchev–Trinajstić information content (AvgIpc) is 3.50. The Morgan fingerprint density at radius 3 is 2.68 bits per heavy atom. The van der Waals surface area contributed by atoms with Gasteiger partial charge in [-0.15, -0.1) is 0 Å². The molecule has 0 radical (unpaired) electrons. The first kappa shape index (κ1) is 22.7. The van der Waals surface area contributed by atoms with Crippen LogP contribution >= 0.6 is 0 Å². The summed E-state index contributed by atoms with van der Waals surface area (Å²) in [5.74, 6) is 1.94. The van der Waals surface area contributed by atoms with Gasteiger partial charge in [0.15, 0.2) is 5.82 Å². The van der Waals surface area contributed by atoms with Gasteiger partial charge in [0, 0.05) is 43.9 Å². The van der Waals surface area contributed by atoms with E-state index < -0.39 is 0 Å². The summed E-state index contributed by atoms with van der Waals surface area (Å²) in [5.41, 5.74) is 3.96. The molecule has 4 heterocycles. The van der Waals surface area contributed by atoms with Gasteiger partial charge in [-0.25, -0.2) is 14.5 Å². The van der Waals surface area contributed by atoms with Gasteiger partial charge in [0.2, 0.25) is 0 Å². The van der Waals surface area contributed by atoms with Crippen molar-refractivity contribution >= 4 is 33.3 Å². The Labute approximate surface area is 212 Å². The molecule has 0 unspecified atom stereocenters. The van der Waals surface area contributed by atoms with Crippen molar-refractivity contribution in [2.24, 2.45) is 7.05 Å². The third-order valence-corrected chi connectivity index (χ3v) is 6.47. The van der Waals surface area contributed by atoms with Gasteiger partial charge in [0.05, 0.1) is 42.0 Å². The summed E-state index contributed by atoms with van der Waals surface area (Å²) in [7, 11) is 5.48. The number of methoxy groups -OCH3 is 1. The minimum Gasteiger partial charge on any atom is -0.497 e. The Balaban J connectivity index is 1.50. The fourth-order valence-corrected chi connectivity index (χ4v) is 4.77. The molecule has 0 aliphatic rings. The average molecular weight is 495 g/mol. The van der Waals surface area contributed by atoms with Gasteiger partial charge in [-0.05, 0) is 37.3 Å². The van der Waals surface area contributed by atoms with E-state index in [1.54, 1.807) is 26.9 Å². The number of fused-ring (bicyclic) bond motifs is 4. The molecule has 37 heavy (non-hydrogen) atoms. The maximum absolute atomic E-state index is 13.7. The minimum atomic E-state index is -0.150. The quantitative estimate of drug-likeness (QED) is 0.350. The SMILES string of the molecule is COc1ccc2c(c1)c(=O)n(Cc1nc(N(C)Cc3cnn(C)c3)c3ccccc3n1)c1cc(C)nn21. The largest absolute Gasteiger partial charge is 0.497 e. The molecular formula is C27H26N8O2. The molecule has 0 fully saturated rings. The Kier molecular flexibility index (Phi) is 5.36. The van der Waals surface area contributed by atoms with Crippen molar-refractivity contribution in [3.05, 3.63) is 88.4 Å². The molecule has 6 aromatic rings. The van der Waals surface area contributed by atoms with E-state index in [1.807, 2.05) is 75.9 Å². The Morgan fingerprint density at radius 1 is 1.05 bits per heavy atom. The number of anilines is 1. The summed E-state index contributed by atoms with van der Waals surface area (Å²) >= 11 is 0. The number of ether oxygens (including phenoxy) is 1. The zero-order chi connectivity index (χ0) is 25.7. The number of hydrogen-bond donors (Lipinski definition) is 0. The Hall–Kier alpha value is -4.73. The molecule has 2 aromatic carbocycles. The van der Waals surface area contributed by atoms with Gasteiger partial charge in [-0.3, -0.25) is 14.0 Å². The van der Waals surface area contributed by atoms with Crippen LogP contribution in [0.1, 0.15) is 17.1 Å². The second-order valence-electron chi connectivity index (χ2n) is 9.19. The molecule has 186 valence electrons. The molecule has 6 rings (SSSR count). The highest BCUT2D eigenvalue weighted by atomic mass is 16.5. The lowest BCUT2D eigenvalue weighted by atomic mass is 10.2. The van der Waals surface area contributed by atoms with Gasteiger partial charge in [-0.1, -0.05) is 12.1 Å². The third kappa shape index (κ3) is 3.96. The molecule has 0 atom stereocenters. The number of aryl methyl sites for hydroxylation is 2. The van der Waals surface area contributed by atoms with Crippen LogP contribution < -0.4 is 15.2 Å². The number of benzene rings is 2. The molecule has 0 aliphatic heterocycles. The van der Waals surface area contributed by atoms with Gasteiger partial charge in [0.1, 0.15) is 17.2 Å². The summed E-state index contributed by atoms with van der Waals surface area (Å²) in [6.07, 6.45) is 3.84. The van der Waals surface area contributed by atoms with Crippen LogP contribution in [0.2, 0.25) is 0 Å². The number of rotatable bonds is 6. The smallest absolute Gasteiger partial charge is 0.262 e. The lowest BCUT2D eigenvalue weighted by molar-refractivity contribution is 0.415. The van der Waals surface area contributed by atoms with E-state index in [0.717, 1.165) is 33.5 Å². The molecular weight excluding hydrogens is 468 g/mol. The fraction of sp³-hybridized carbons (Fsp3) is 0.222. The zero-order valence-electron chi connectivity index (χ0n) is 21.1. The van der Waals surface area contributed by atoms with Crippen molar-refractivity contribution in [3.8, 4) is 5.75 Å². The standard InChI is InChI=1S/C27H26N8O2/c1-17-11-25-34(27(36)21-12-19(37-4)9-10-23(21)35(25)31-17)16-24-29-22-8-6-5-7-20(22)26(30-24)32(2)14-18-13-28-33(3)15-18/h5-13,15H,14,16H2,1-4H3. The zero-order valence-corrected chi connectivity index (χ0v) is 21.1. The van der Waals surface area contributed by atoms with Gasteiger partial charge in [-0.2, -0.15) is 10.2 Å². The Morgan fingerprint density at radius 2 is 1.89 bits per heavy atom. The molecule has 0 aliphatic carbocycles. The molecule has 10 heteroatoms. The van der Waals surface area contributed by atoms with E-state index in [1.165, 1.54) is 0 Å². The van der Waals surface area contributed by atoms with Crippen molar-refractivity contribution < 1.29 is 4.74 Å². The van der Waals surface area contributed by atoms with E-state index in [-0.39, 0.29) is 12.1 Å². The van der Waals surface area contributed by atoms with Gasteiger partial charge >= 0.3 is 0 Å². The fourth-order valence-electron chi connectivity index (χ4n) is 4.77. The second-order valence-corrected chi connectivity index (χ2v) is 9.19. The molecule has 0 bridgehead atoms. The lowest BCUT2D eigenvalue weighted by Gasteiger charge is -2.20. The molecule has 0 amide bonds. The molecule has 0 N–H and O–H groups in total. The van der Waals surface area contributed by atoms with Crippen LogP contribution in [0.4, 0.5) is 5.82 Å². The summed E-state index contributed by atoms with van der Waals surface area (Å²) in [4.78, 5) is 25.6. The summed E-state index contributed by atoms with van der Waals surface area (Å²) in [5, 5.41) is 10.4. The van der Waals surface area contributed by atoms with Crippen molar-refractivity contribution in [2.45, 2.75) is 20.0 Å². The molecule has 4 aromatic heterocycles. The van der Waals surface area contributed by atoms with Crippen molar-refractivity contribution in [3.63, 3.8) is 0 Å². The molecule has 10 nitrogen and oxygen atoms in total. The summed E-state index contributed by atoms with van der Waals surface area (Å²) in [6, 6.07) is 15.3. The first-order valence-electron chi connectivity index (χ1n) is 11.9. The maximum Gasteiger partial charge on any atom is 0.262 e. The first-order valence-corrected chi connectivity index (χ1v) is 11.9. The second kappa shape index (κ2) is 8.74. The molecule has 0 spiro atoms. The monoisotopic (exact) mass is 494 g/mol. The highest BCUT2D eigenvalue weighted by Crippen LogP contribution is 2.25. The van der Waals surface area contributed by atoms with Crippen LogP contribution in [0.25, 0.3) is 27.5 Å². The summed E-state index contributed by atoms with van der Waals surface area (Å²) in [6.45, 7) is 2.74. The first-order chi connectivity index (χ1) is 17.9. The number of aromatic nitrogens is 7. The van der Waals surface area contributed by atoms with Crippen molar-refractivity contribution in [1.82, 2.24) is 33.9 Å². The lowest BCUT2D eigenvalue weighted by Crippen LogP contribution is -2.25. The maximum atomic E-state index is 13.7. The van der Waals surface area contributed by atoms with Crippen molar-refractivity contribution in [2.75, 3.05) is 19.1 Å². The van der Waals surface area contributed by atoms with E-state index >= 15 is 0 Å². The van der Waals surface area contributed by atoms with Crippen molar-refractivity contribution in [1.29, 1.82) is 0 Å². The van der Waals surface area contributed by atoms with E-state index in [0.29, 0.717) is 29.2 Å². The number of para-hydroxylation sites is 1. The van der Waals surface area contributed by atoms with Crippen LogP contribution in [-0.2, 0) is 20.1 Å². The predicted molar refractivity (Wildman–Crippen MR) is 142 cm³/mol. The highest BCUT2D eigenvalue weighted by Gasteiger charge is 2.17. The highest BCUT2D eigenvalue weighted by molar-refractivity contribution is 5.89. The van der Waals surface area contributed by atoms with E-state index in [4.69, 9.17) is 14.7 Å². The normalized spacial score (nSPS) is 11.6. The number of hydrogen-bond acceptors (Lipinski definition) is 7. The van der Waals surface area contributed by atoms with Crippen LogP contribution in [0.15, 0.2) is 65.7 Å².